The molecule has 0 spiro atoms. The molecule has 0 amide bonds. The Bertz CT molecular complexity index is 472. The fourth-order valence-electron chi connectivity index (χ4n) is 1.53. The Morgan fingerprint density at radius 1 is 1.07 bits per heavy atom. The first-order valence-corrected chi connectivity index (χ1v) is 5.46. The van der Waals surface area contributed by atoms with Crippen molar-refractivity contribution in [1.29, 1.82) is 0 Å². The average Bonchev–Trinajstić information content (AvgIpc) is 2.74. The van der Waals surface area contributed by atoms with Crippen LogP contribution < -0.4 is 9.03 Å². The molecule has 0 bridgehead atoms. The number of anilines is 3. The van der Waals surface area contributed by atoms with E-state index < -0.39 is 0 Å². The molecule has 2 heterocycles. The van der Waals surface area contributed by atoms with Crippen molar-refractivity contribution < 1.29 is 0 Å². The van der Waals surface area contributed by atoms with Gasteiger partial charge in [0.15, 0.2) is 5.82 Å². The summed E-state index contributed by atoms with van der Waals surface area (Å²) < 4.78 is 5.31. The van der Waals surface area contributed by atoms with E-state index in [9.17, 15) is 0 Å². The molecular formula is C11H9N3S. The summed E-state index contributed by atoms with van der Waals surface area (Å²) in [5.74, 6) is 0.923. The maximum Gasteiger partial charge on any atom is 0.162 e. The van der Waals surface area contributed by atoms with Crippen LogP contribution in [0.15, 0.2) is 48.7 Å². The second-order valence-corrected chi connectivity index (χ2v) is 3.95. The van der Waals surface area contributed by atoms with E-state index in [1.165, 1.54) is 0 Å². The fraction of sp³-hybridized carbons (Fsp3) is 0. The summed E-state index contributed by atoms with van der Waals surface area (Å²) in [7, 11) is 0. The SMILES string of the molecule is c1ccc(N2SNc3ncccc32)cc1. The molecule has 3 nitrogen and oxygen atoms in total. The Morgan fingerprint density at radius 2 is 1.93 bits per heavy atom. The van der Waals surface area contributed by atoms with Gasteiger partial charge in [-0.25, -0.2) is 4.98 Å². The van der Waals surface area contributed by atoms with E-state index >= 15 is 0 Å². The summed E-state index contributed by atoms with van der Waals surface area (Å²) in [6.45, 7) is 0. The molecule has 0 fully saturated rings. The number of fused-ring (bicyclic) bond motifs is 1. The molecule has 0 radical (unpaired) electrons. The van der Waals surface area contributed by atoms with Crippen LogP contribution >= 0.6 is 12.1 Å². The summed E-state index contributed by atoms with van der Waals surface area (Å²) in [5, 5.41) is 0. The molecule has 0 saturated heterocycles. The van der Waals surface area contributed by atoms with E-state index in [1.807, 2.05) is 24.3 Å². The van der Waals surface area contributed by atoms with Crippen LogP contribution in [0.2, 0.25) is 0 Å². The van der Waals surface area contributed by atoms with E-state index in [2.05, 4.69) is 32.2 Å². The highest BCUT2D eigenvalue weighted by molar-refractivity contribution is 8.02. The number of hydrogen-bond donors (Lipinski definition) is 1. The second-order valence-electron chi connectivity index (χ2n) is 3.19. The molecule has 1 aliphatic rings. The minimum absolute atomic E-state index is 0.923. The van der Waals surface area contributed by atoms with Gasteiger partial charge < -0.3 is 0 Å². The molecule has 2 aromatic rings. The molecule has 74 valence electrons. The normalized spacial score (nSPS) is 13.5. The lowest BCUT2D eigenvalue weighted by Crippen LogP contribution is -2.01. The first-order valence-electron chi connectivity index (χ1n) is 4.68. The van der Waals surface area contributed by atoms with Gasteiger partial charge in [-0.3, -0.25) is 9.03 Å². The molecule has 1 aromatic carbocycles. The molecule has 1 aromatic heterocycles. The number of hydrogen-bond acceptors (Lipinski definition) is 4. The predicted molar refractivity (Wildman–Crippen MR) is 64.0 cm³/mol. The number of aromatic nitrogens is 1. The number of nitrogens with one attached hydrogen (secondary N) is 1. The Hall–Kier alpha value is -1.68. The number of rotatable bonds is 1. The van der Waals surface area contributed by atoms with Gasteiger partial charge in [-0.1, -0.05) is 18.2 Å². The summed E-state index contributed by atoms with van der Waals surface area (Å²) in [5.41, 5.74) is 2.26. The zero-order valence-corrected chi connectivity index (χ0v) is 8.74. The van der Waals surface area contributed by atoms with E-state index in [1.54, 1.807) is 18.3 Å². The van der Waals surface area contributed by atoms with Gasteiger partial charge >= 0.3 is 0 Å². The molecule has 1 aliphatic heterocycles. The van der Waals surface area contributed by atoms with E-state index in [-0.39, 0.29) is 0 Å². The van der Waals surface area contributed by atoms with Crippen LogP contribution in [0.1, 0.15) is 0 Å². The van der Waals surface area contributed by atoms with Crippen molar-refractivity contribution in [2.75, 3.05) is 9.03 Å². The van der Waals surface area contributed by atoms with Crippen molar-refractivity contribution in [2.24, 2.45) is 0 Å². The van der Waals surface area contributed by atoms with Crippen LogP contribution in [0.3, 0.4) is 0 Å². The van der Waals surface area contributed by atoms with Crippen molar-refractivity contribution in [1.82, 2.24) is 4.98 Å². The molecule has 15 heavy (non-hydrogen) atoms. The highest BCUT2D eigenvalue weighted by Crippen LogP contribution is 2.42. The topological polar surface area (TPSA) is 28.2 Å². The average molecular weight is 215 g/mol. The van der Waals surface area contributed by atoms with E-state index in [0.717, 1.165) is 17.2 Å². The lowest BCUT2D eigenvalue weighted by Gasteiger charge is -2.14. The lowest BCUT2D eigenvalue weighted by molar-refractivity contribution is 1.33. The predicted octanol–water partition coefficient (Wildman–Crippen LogP) is 3.21. The molecular weight excluding hydrogens is 206 g/mol. The van der Waals surface area contributed by atoms with Crippen molar-refractivity contribution in [2.45, 2.75) is 0 Å². The summed E-state index contributed by atoms with van der Waals surface area (Å²) in [4.78, 5) is 4.26. The Morgan fingerprint density at radius 3 is 2.80 bits per heavy atom. The van der Waals surface area contributed by atoms with Gasteiger partial charge in [-0.2, -0.15) is 0 Å². The van der Waals surface area contributed by atoms with Crippen LogP contribution in [0, 0.1) is 0 Å². The molecule has 0 atom stereocenters. The third-order valence-electron chi connectivity index (χ3n) is 2.23. The highest BCUT2D eigenvalue weighted by Gasteiger charge is 2.21. The maximum atomic E-state index is 4.26. The van der Waals surface area contributed by atoms with E-state index in [0.29, 0.717) is 0 Å². The third-order valence-corrected chi connectivity index (χ3v) is 3.10. The molecule has 0 unspecified atom stereocenters. The summed E-state index contributed by atoms with van der Waals surface area (Å²) in [6.07, 6.45) is 1.79. The number of nitrogens with zero attached hydrogens (tertiary/aromatic N) is 2. The number of benzene rings is 1. The zero-order valence-electron chi connectivity index (χ0n) is 7.92. The third kappa shape index (κ3) is 1.43. The maximum absolute atomic E-state index is 4.26. The summed E-state index contributed by atoms with van der Waals surface area (Å²) in [6, 6.07) is 14.2. The van der Waals surface area contributed by atoms with Crippen molar-refractivity contribution in [3.05, 3.63) is 48.7 Å². The van der Waals surface area contributed by atoms with Crippen LogP contribution in [0.25, 0.3) is 0 Å². The number of pyridine rings is 1. The smallest absolute Gasteiger partial charge is 0.162 e. The Labute approximate surface area is 92.4 Å². The molecule has 0 saturated carbocycles. The van der Waals surface area contributed by atoms with Crippen LogP contribution in [0.4, 0.5) is 17.2 Å². The van der Waals surface area contributed by atoms with Crippen molar-refractivity contribution in [3.63, 3.8) is 0 Å². The highest BCUT2D eigenvalue weighted by atomic mass is 32.2. The van der Waals surface area contributed by atoms with Gasteiger partial charge in [-0.15, -0.1) is 0 Å². The minimum Gasteiger partial charge on any atom is -0.294 e. The zero-order chi connectivity index (χ0) is 10.1. The first-order chi connectivity index (χ1) is 7.45. The largest absolute Gasteiger partial charge is 0.294 e. The standard InChI is InChI=1S/C11H9N3S/c1-2-5-9(6-3-1)14-10-7-4-8-12-11(10)13-15-14/h1-8H,(H,12,13). The number of para-hydroxylation sites is 1. The minimum atomic E-state index is 0.923. The lowest BCUT2D eigenvalue weighted by atomic mass is 10.3. The van der Waals surface area contributed by atoms with Crippen molar-refractivity contribution >= 4 is 29.3 Å². The van der Waals surface area contributed by atoms with Crippen LogP contribution in [-0.2, 0) is 0 Å². The fourth-order valence-corrected chi connectivity index (χ4v) is 2.34. The van der Waals surface area contributed by atoms with Crippen LogP contribution in [-0.4, -0.2) is 4.98 Å². The molecule has 4 heteroatoms. The first kappa shape index (κ1) is 8.61. The van der Waals surface area contributed by atoms with Crippen molar-refractivity contribution in [3.8, 4) is 0 Å². The molecule has 0 aliphatic carbocycles. The Kier molecular flexibility index (Phi) is 1.99. The van der Waals surface area contributed by atoms with Gasteiger partial charge in [0.05, 0.1) is 23.5 Å². The van der Waals surface area contributed by atoms with Gasteiger partial charge in [-0.05, 0) is 24.3 Å². The molecule has 3 rings (SSSR count). The van der Waals surface area contributed by atoms with Gasteiger partial charge in [0.1, 0.15) is 0 Å². The summed E-state index contributed by atoms with van der Waals surface area (Å²) >= 11 is 1.55. The quantitative estimate of drug-likeness (QED) is 0.739. The monoisotopic (exact) mass is 215 g/mol. The van der Waals surface area contributed by atoms with Gasteiger partial charge in [0, 0.05) is 6.20 Å². The van der Waals surface area contributed by atoms with E-state index in [4.69, 9.17) is 0 Å². The Balaban J connectivity index is 2.05. The van der Waals surface area contributed by atoms with Gasteiger partial charge in [0.2, 0.25) is 0 Å². The second kappa shape index (κ2) is 3.47. The van der Waals surface area contributed by atoms with Gasteiger partial charge in [0.25, 0.3) is 0 Å². The molecule has 1 N–H and O–H groups in total. The van der Waals surface area contributed by atoms with Crippen LogP contribution in [0.5, 0.6) is 0 Å².